The number of oxime groups is 1. The van der Waals surface area contributed by atoms with E-state index in [0.717, 1.165) is 10.4 Å². The maximum absolute atomic E-state index is 11.3. The van der Waals surface area contributed by atoms with Crippen molar-refractivity contribution in [2.75, 3.05) is 20.3 Å². The Morgan fingerprint density at radius 2 is 2.06 bits per heavy atom. The van der Waals surface area contributed by atoms with Gasteiger partial charge in [-0.2, -0.15) is 0 Å². The molecule has 1 aromatic carbocycles. The van der Waals surface area contributed by atoms with Crippen molar-refractivity contribution in [1.29, 1.82) is 0 Å². The molecule has 0 aliphatic rings. The van der Waals surface area contributed by atoms with Crippen LogP contribution >= 0.6 is 11.3 Å². The number of oxazole rings is 1. The van der Waals surface area contributed by atoms with Gasteiger partial charge in [-0.1, -0.05) is 23.4 Å². The normalized spacial score (nSPS) is 12.5. The van der Waals surface area contributed by atoms with Crippen molar-refractivity contribution >= 4 is 23.0 Å². The van der Waals surface area contributed by atoms with E-state index in [1.54, 1.807) is 19.1 Å². The summed E-state index contributed by atoms with van der Waals surface area (Å²) in [5.74, 6) is 0.773. The lowest BCUT2D eigenvalue weighted by Gasteiger charge is -2.13. The van der Waals surface area contributed by atoms with Crippen molar-refractivity contribution in [1.82, 2.24) is 4.98 Å². The number of carboxylic acids is 1. The van der Waals surface area contributed by atoms with Gasteiger partial charge in [-0.05, 0) is 43.0 Å². The standard InChI is InChI=1S/C22H24N2O6S/c1-4-28-18(22(25)26)12-15-7-9-16(10-8-15)29-13-17(24-27-3)20-14(2)30-21(23-20)19-6-5-11-31-19/h5-11,18H,4,12-13H2,1-3H3,(H,25,26)/b24-17+. The Labute approximate surface area is 184 Å². The van der Waals surface area contributed by atoms with Crippen molar-refractivity contribution < 1.29 is 28.6 Å². The summed E-state index contributed by atoms with van der Waals surface area (Å²) in [6.07, 6.45) is -0.589. The van der Waals surface area contributed by atoms with Crippen LogP contribution in [0.4, 0.5) is 0 Å². The lowest BCUT2D eigenvalue weighted by Crippen LogP contribution is -2.26. The summed E-state index contributed by atoms with van der Waals surface area (Å²) in [5.41, 5.74) is 1.91. The first kappa shape index (κ1) is 22.5. The number of thiophene rings is 1. The van der Waals surface area contributed by atoms with Crippen molar-refractivity contribution in [3.05, 3.63) is 58.8 Å². The molecule has 1 atom stereocenters. The van der Waals surface area contributed by atoms with Crippen LogP contribution in [0.5, 0.6) is 5.75 Å². The van der Waals surface area contributed by atoms with Crippen molar-refractivity contribution in [2.45, 2.75) is 26.4 Å². The molecule has 31 heavy (non-hydrogen) atoms. The molecule has 3 rings (SSSR count). The number of benzene rings is 1. The molecular formula is C22H24N2O6S. The third-order valence-electron chi connectivity index (χ3n) is 4.37. The monoisotopic (exact) mass is 444 g/mol. The Bertz CT molecular complexity index is 1010. The van der Waals surface area contributed by atoms with Crippen molar-refractivity contribution in [3.8, 4) is 16.5 Å². The molecule has 0 amide bonds. The minimum Gasteiger partial charge on any atom is -0.487 e. The average molecular weight is 445 g/mol. The molecule has 8 nitrogen and oxygen atoms in total. The third kappa shape index (κ3) is 5.93. The third-order valence-corrected chi connectivity index (χ3v) is 5.22. The number of carbonyl (C=O) groups is 1. The molecule has 2 aromatic heterocycles. The van der Waals surface area contributed by atoms with Crippen LogP contribution in [-0.2, 0) is 20.8 Å². The Kier molecular flexibility index (Phi) is 7.80. The highest BCUT2D eigenvalue weighted by molar-refractivity contribution is 7.13. The molecule has 0 radical (unpaired) electrons. The summed E-state index contributed by atoms with van der Waals surface area (Å²) >= 11 is 1.54. The van der Waals surface area contributed by atoms with Crippen LogP contribution in [0.25, 0.3) is 10.8 Å². The molecule has 0 fully saturated rings. The SMILES string of the molecule is CCOC(Cc1ccc(OC/C(=N\OC)c2nc(-c3cccs3)oc2C)cc1)C(=O)O. The van der Waals surface area contributed by atoms with E-state index in [1.807, 2.05) is 36.6 Å². The fraction of sp³-hybridized carbons (Fsp3) is 0.318. The molecule has 0 aliphatic heterocycles. The molecule has 0 bridgehead atoms. The number of nitrogens with zero attached hydrogens (tertiary/aromatic N) is 2. The Balaban J connectivity index is 1.67. The van der Waals surface area contributed by atoms with E-state index in [2.05, 4.69) is 10.1 Å². The quantitative estimate of drug-likeness (QED) is 0.350. The van der Waals surface area contributed by atoms with Crippen LogP contribution in [0.3, 0.4) is 0 Å². The number of hydrogen-bond donors (Lipinski definition) is 1. The maximum atomic E-state index is 11.3. The van der Waals surface area contributed by atoms with Gasteiger partial charge in [0.15, 0.2) is 6.10 Å². The van der Waals surface area contributed by atoms with Crippen LogP contribution < -0.4 is 4.74 Å². The fourth-order valence-corrected chi connectivity index (χ4v) is 3.57. The summed E-state index contributed by atoms with van der Waals surface area (Å²) in [7, 11) is 1.46. The smallest absolute Gasteiger partial charge is 0.333 e. The number of ether oxygens (including phenoxy) is 2. The minimum absolute atomic E-state index is 0.126. The van der Waals surface area contributed by atoms with E-state index in [9.17, 15) is 9.90 Å². The second kappa shape index (κ2) is 10.7. The van der Waals surface area contributed by atoms with E-state index in [1.165, 1.54) is 18.4 Å². The van der Waals surface area contributed by atoms with Gasteiger partial charge in [0.2, 0.25) is 5.89 Å². The highest BCUT2D eigenvalue weighted by atomic mass is 32.1. The predicted octanol–water partition coefficient (Wildman–Crippen LogP) is 4.17. The number of aryl methyl sites for hydroxylation is 1. The van der Waals surface area contributed by atoms with Crippen molar-refractivity contribution in [3.63, 3.8) is 0 Å². The van der Waals surface area contributed by atoms with Gasteiger partial charge >= 0.3 is 5.97 Å². The van der Waals surface area contributed by atoms with Gasteiger partial charge in [-0.15, -0.1) is 11.3 Å². The van der Waals surface area contributed by atoms with Gasteiger partial charge in [0.05, 0.1) is 4.88 Å². The van der Waals surface area contributed by atoms with Crippen LogP contribution in [-0.4, -0.2) is 48.2 Å². The average Bonchev–Trinajstić information content (AvgIpc) is 3.41. The van der Waals surface area contributed by atoms with E-state index < -0.39 is 12.1 Å². The largest absolute Gasteiger partial charge is 0.487 e. The Morgan fingerprint density at radius 3 is 2.68 bits per heavy atom. The predicted molar refractivity (Wildman–Crippen MR) is 117 cm³/mol. The van der Waals surface area contributed by atoms with Crippen molar-refractivity contribution in [2.24, 2.45) is 5.16 Å². The summed E-state index contributed by atoms with van der Waals surface area (Å²) < 4.78 is 16.9. The molecule has 2 heterocycles. The summed E-state index contributed by atoms with van der Waals surface area (Å²) in [6.45, 7) is 4.05. The highest BCUT2D eigenvalue weighted by Gasteiger charge is 2.19. The molecule has 0 saturated carbocycles. The zero-order valence-corrected chi connectivity index (χ0v) is 18.3. The first-order chi connectivity index (χ1) is 15.0. The summed E-state index contributed by atoms with van der Waals surface area (Å²) in [4.78, 5) is 21.7. The molecular weight excluding hydrogens is 420 g/mol. The highest BCUT2D eigenvalue weighted by Crippen LogP contribution is 2.26. The molecule has 9 heteroatoms. The van der Waals surface area contributed by atoms with Crippen LogP contribution in [0, 0.1) is 6.92 Å². The maximum Gasteiger partial charge on any atom is 0.333 e. The van der Waals surface area contributed by atoms with Gasteiger partial charge in [0.1, 0.15) is 36.6 Å². The number of carboxylic acid groups (broad SMARTS) is 1. The van der Waals surface area contributed by atoms with Gasteiger partial charge in [0, 0.05) is 13.0 Å². The number of rotatable bonds is 11. The van der Waals surface area contributed by atoms with Gasteiger partial charge < -0.3 is 23.8 Å². The fourth-order valence-electron chi connectivity index (χ4n) is 2.92. The summed E-state index contributed by atoms with van der Waals surface area (Å²) in [6, 6.07) is 11.0. The van der Waals surface area contributed by atoms with E-state index in [4.69, 9.17) is 18.7 Å². The molecule has 0 saturated heterocycles. The van der Waals surface area contributed by atoms with Gasteiger partial charge in [-0.3, -0.25) is 0 Å². The first-order valence-electron chi connectivity index (χ1n) is 9.69. The minimum atomic E-state index is -0.979. The second-order valence-corrected chi connectivity index (χ2v) is 7.49. The molecule has 1 N–H and O–H groups in total. The lowest BCUT2D eigenvalue weighted by atomic mass is 10.1. The zero-order valence-electron chi connectivity index (χ0n) is 17.5. The number of hydrogen-bond acceptors (Lipinski definition) is 8. The van der Waals surface area contributed by atoms with Gasteiger partial charge in [-0.25, -0.2) is 9.78 Å². The van der Waals surface area contributed by atoms with Crippen LogP contribution in [0.2, 0.25) is 0 Å². The Hall–Kier alpha value is -3.17. The molecule has 1 unspecified atom stereocenters. The topological polar surface area (TPSA) is 103 Å². The second-order valence-electron chi connectivity index (χ2n) is 6.54. The Morgan fingerprint density at radius 1 is 1.29 bits per heavy atom. The molecule has 0 spiro atoms. The van der Waals surface area contributed by atoms with E-state index in [-0.39, 0.29) is 13.0 Å². The molecule has 0 aliphatic carbocycles. The van der Waals surface area contributed by atoms with Crippen LogP contribution in [0.15, 0.2) is 51.4 Å². The molecule has 3 aromatic rings. The number of aromatic nitrogens is 1. The summed E-state index contributed by atoms with van der Waals surface area (Å²) in [5, 5.41) is 15.2. The number of aliphatic carboxylic acids is 1. The van der Waals surface area contributed by atoms with E-state index in [0.29, 0.717) is 35.4 Å². The molecule has 164 valence electrons. The zero-order chi connectivity index (χ0) is 22.2. The first-order valence-corrected chi connectivity index (χ1v) is 10.6. The van der Waals surface area contributed by atoms with E-state index >= 15 is 0 Å². The van der Waals surface area contributed by atoms with Gasteiger partial charge in [0.25, 0.3) is 0 Å². The lowest BCUT2D eigenvalue weighted by molar-refractivity contribution is -0.149. The van der Waals surface area contributed by atoms with Crippen LogP contribution in [0.1, 0.15) is 23.9 Å².